The molecule has 0 aliphatic carbocycles. The van der Waals surface area contributed by atoms with Crippen molar-refractivity contribution in [3.05, 3.63) is 0 Å². The van der Waals surface area contributed by atoms with Crippen LogP contribution in [-0.2, 0) is 9.59 Å². The van der Waals surface area contributed by atoms with Crippen molar-refractivity contribution >= 4 is 17.9 Å². The molecule has 0 spiro atoms. The highest BCUT2D eigenvalue weighted by atomic mass is 16.4. The van der Waals surface area contributed by atoms with Crippen molar-refractivity contribution in [1.29, 1.82) is 0 Å². The number of rotatable bonds is 2. The Hall–Kier alpha value is -2.23. The summed E-state index contributed by atoms with van der Waals surface area (Å²) in [5.41, 5.74) is 0. The third-order valence-corrected chi connectivity index (χ3v) is 2.32. The number of aliphatic carboxylic acids is 1. The number of carbonyl (C=O) groups is 3. The number of hydrogen-bond acceptors (Lipinski definition) is 3. The summed E-state index contributed by atoms with van der Waals surface area (Å²) in [6.07, 6.45) is 5.09. The molecule has 0 aromatic heterocycles. The Labute approximate surface area is 98.2 Å². The maximum Gasteiger partial charge on any atom is 0.328 e. The highest BCUT2D eigenvalue weighted by Gasteiger charge is 2.35. The van der Waals surface area contributed by atoms with E-state index in [-0.39, 0.29) is 13.1 Å². The molecule has 2 unspecified atom stereocenters. The van der Waals surface area contributed by atoms with Gasteiger partial charge in [0.25, 0.3) is 0 Å². The zero-order valence-corrected chi connectivity index (χ0v) is 9.27. The van der Waals surface area contributed by atoms with E-state index in [1.165, 1.54) is 0 Å². The van der Waals surface area contributed by atoms with Gasteiger partial charge in [-0.05, 0) is 6.92 Å². The smallest absolute Gasteiger partial charge is 0.328 e. The first-order valence-corrected chi connectivity index (χ1v) is 4.98. The summed E-state index contributed by atoms with van der Waals surface area (Å²) < 4.78 is 0. The number of terminal acetylenes is 1. The van der Waals surface area contributed by atoms with E-state index in [0.717, 1.165) is 4.90 Å². The van der Waals surface area contributed by atoms with Crippen LogP contribution in [0.3, 0.4) is 0 Å². The lowest BCUT2D eigenvalue weighted by Gasteiger charge is -2.33. The Balaban J connectivity index is 2.76. The molecule has 0 bridgehead atoms. The van der Waals surface area contributed by atoms with E-state index in [1.54, 1.807) is 6.92 Å². The highest BCUT2D eigenvalue weighted by molar-refractivity contribution is 5.90. The fraction of sp³-hybridized carbons (Fsp3) is 0.500. The van der Waals surface area contributed by atoms with Crippen molar-refractivity contribution in [3.8, 4) is 12.3 Å². The number of amides is 3. The van der Waals surface area contributed by atoms with Crippen molar-refractivity contribution in [2.45, 2.75) is 19.0 Å². The fourth-order valence-electron chi connectivity index (χ4n) is 1.39. The van der Waals surface area contributed by atoms with E-state index in [2.05, 4.69) is 16.6 Å². The van der Waals surface area contributed by atoms with E-state index in [1.807, 2.05) is 0 Å². The van der Waals surface area contributed by atoms with Crippen LogP contribution in [-0.4, -0.2) is 53.1 Å². The number of urea groups is 1. The molecule has 92 valence electrons. The van der Waals surface area contributed by atoms with Crippen LogP contribution >= 0.6 is 0 Å². The zero-order chi connectivity index (χ0) is 13.0. The van der Waals surface area contributed by atoms with Gasteiger partial charge in [0.15, 0.2) is 0 Å². The van der Waals surface area contributed by atoms with Crippen molar-refractivity contribution in [1.82, 2.24) is 15.5 Å². The number of carboxylic acids is 1. The minimum Gasteiger partial charge on any atom is -0.480 e. The van der Waals surface area contributed by atoms with E-state index >= 15 is 0 Å². The lowest BCUT2D eigenvalue weighted by molar-refractivity contribution is -0.144. The van der Waals surface area contributed by atoms with Gasteiger partial charge in [0, 0.05) is 6.54 Å². The molecule has 1 fully saturated rings. The van der Waals surface area contributed by atoms with Gasteiger partial charge in [-0.1, -0.05) is 5.92 Å². The van der Waals surface area contributed by atoms with Gasteiger partial charge in [-0.25, -0.2) is 9.59 Å². The average Bonchev–Trinajstić information content (AvgIpc) is 2.28. The second kappa shape index (κ2) is 5.21. The highest BCUT2D eigenvalue weighted by Crippen LogP contribution is 2.05. The van der Waals surface area contributed by atoms with Gasteiger partial charge in [-0.3, -0.25) is 9.69 Å². The number of hydrogen-bond donors (Lipinski definition) is 3. The van der Waals surface area contributed by atoms with Crippen molar-refractivity contribution in [3.63, 3.8) is 0 Å². The topological polar surface area (TPSA) is 98.7 Å². The summed E-state index contributed by atoms with van der Waals surface area (Å²) in [5, 5.41) is 13.7. The number of carboxylic acid groups (broad SMARTS) is 1. The Morgan fingerprint density at radius 1 is 1.71 bits per heavy atom. The molecule has 1 rings (SSSR count). The molecule has 1 aliphatic heterocycles. The first kappa shape index (κ1) is 12.8. The lowest BCUT2D eigenvalue weighted by atomic mass is 10.2. The van der Waals surface area contributed by atoms with Crippen LogP contribution in [0, 0.1) is 12.3 Å². The standard InChI is InChI=1S/C10H13N3O4/c1-3-6(2)12-10(17)13-5-8(14)11-4-7(13)9(15)16/h1,6-7H,4-5H2,2H3,(H,11,14)(H,12,17)(H,15,16). The molecule has 2 atom stereocenters. The molecular weight excluding hydrogens is 226 g/mol. The van der Waals surface area contributed by atoms with Crippen molar-refractivity contribution in [2.24, 2.45) is 0 Å². The van der Waals surface area contributed by atoms with Crippen LogP contribution < -0.4 is 10.6 Å². The molecule has 7 nitrogen and oxygen atoms in total. The van der Waals surface area contributed by atoms with Gasteiger partial charge < -0.3 is 15.7 Å². The fourth-order valence-corrected chi connectivity index (χ4v) is 1.39. The molecule has 3 N–H and O–H groups in total. The summed E-state index contributed by atoms with van der Waals surface area (Å²) >= 11 is 0. The molecule has 0 aromatic rings. The second-order valence-electron chi connectivity index (χ2n) is 3.62. The Morgan fingerprint density at radius 2 is 2.35 bits per heavy atom. The van der Waals surface area contributed by atoms with E-state index in [4.69, 9.17) is 11.5 Å². The number of carbonyl (C=O) groups excluding carboxylic acids is 2. The quantitative estimate of drug-likeness (QED) is 0.516. The monoisotopic (exact) mass is 239 g/mol. The zero-order valence-electron chi connectivity index (χ0n) is 9.27. The van der Waals surface area contributed by atoms with Crippen LogP contribution in [0.4, 0.5) is 4.79 Å². The SMILES string of the molecule is C#CC(C)NC(=O)N1CC(=O)NCC1C(=O)O. The Bertz CT molecular complexity index is 388. The first-order valence-electron chi connectivity index (χ1n) is 4.98. The number of piperazine rings is 1. The molecule has 0 aromatic carbocycles. The summed E-state index contributed by atoms with van der Waals surface area (Å²) in [7, 11) is 0. The normalized spacial score (nSPS) is 21.1. The van der Waals surface area contributed by atoms with Gasteiger partial charge in [0.1, 0.15) is 12.6 Å². The first-order chi connectivity index (χ1) is 7.95. The van der Waals surface area contributed by atoms with Gasteiger partial charge >= 0.3 is 12.0 Å². The van der Waals surface area contributed by atoms with Gasteiger partial charge in [-0.15, -0.1) is 6.42 Å². The molecule has 1 heterocycles. The third-order valence-electron chi connectivity index (χ3n) is 2.32. The van der Waals surface area contributed by atoms with Crippen molar-refractivity contribution < 1.29 is 19.5 Å². The van der Waals surface area contributed by atoms with Gasteiger partial charge in [0.2, 0.25) is 5.91 Å². The Kier molecular flexibility index (Phi) is 3.93. The van der Waals surface area contributed by atoms with E-state index < -0.39 is 30.0 Å². The van der Waals surface area contributed by atoms with E-state index in [0.29, 0.717) is 0 Å². The molecule has 3 amide bonds. The van der Waals surface area contributed by atoms with Crippen LogP contribution in [0.25, 0.3) is 0 Å². The maximum absolute atomic E-state index is 11.7. The predicted octanol–water partition coefficient (Wildman–Crippen LogP) is -1.40. The summed E-state index contributed by atoms with van der Waals surface area (Å²) in [6, 6.07) is -2.25. The van der Waals surface area contributed by atoms with Gasteiger partial charge in [-0.2, -0.15) is 0 Å². The minimum atomic E-state index is -1.17. The average molecular weight is 239 g/mol. The summed E-state index contributed by atoms with van der Waals surface area (Å²) in [6.45, 7) is 1.18. The van der Waals surface area contributed by atoms with Crippen LogP contribution in [0.5, 0.6) is 0 Å². The number of nitrogens with zero attached hydrogens (tertiary/aromatic N) is 1. The Morgan fingerprint density at radius 3 is 2.88 bits per heavy atom. The molecule has 7 heteroatoms. The maximum atomic E-state index is 11.7. The van der Waals surface area contributed by atoms with E-state index in [9.17, 15) is 14.4 Å². The number of nitrogens with one attached hydrogen (secondary N) is 2. The lowest BCUT2D eigenvalue weighted by Crippen LogP contribution is -2.61. The largest absolute Gasteiger partial charge is 0.480 e. The molecule has 0 saturated carbocycles. The second-order valence-corrected chi connectivity index (χ2v) is 3.62. The van der Waals surface area contributed by atoms with Crippen LogP contribution in [0.2, 0.25) is 0 Å². The van der Waals surface area contributed by atoms with Crippen LogP contribution in [0.15, 0.2) is 0 Å². The minimum absolute atomic E-state index is 0.105. The molecule has 0 radical (unpaired) electrons. The molecule has 17 heavy (non-hydrogen) atoms. The summed E-state index contributed by atoms with van der Waals surface area (Å²) in [5.74, 6) is 0.714. The molecule has 1 saturated heterocycles. The third kappa shape index (κ3) is 3.11. The predicted molar refractivity (Wildman–Crippen MR) is 58.0 cm³/mol. The van der Waals surface area contributed by atoms with Crippen LogP contribution in [0.1, 0.15) is 6.92 Å². The summed E-state index contributed by atoms with van der Waals surface area (Å²) in [4.78, 5) is 34.7. The molecular formula is C10H13N3O4. The molecule has 1 aliphatic rings. The van der Waals surface area contributed by atoms with Crippen molar-refractivity contribution in [2.75, 3.05) is 13.1 Å². The van der Waals surface area contributed by atoms with Gasteiger partial charge in [0.05, 0.1) is 6.04 Å².